The minimum Gasteiger partial charge on any atom is -0.346 e. The Morgan fingerprint density at radius 2 is 2.04 bits per heavy atom. The average molecular weight is 374 g/mol. The van der Waals surface area contributed by atoms with Crippen molar-refractivity contribution in [2.45, 2.75) is 37.6 Å². The molecule has 0 saturated heterocycles. The zero-order chi connectivity index (χ0) is 17.0. The van der Waals surface area contributed by atoms with Gasteiger partial charge in [0, 0.05) is 11.8 Å². The van der Waals surface area contributed by atoms with Gasteiger partial charge in [0.25, 0.3) is 0 Å². The molecule has 0 aliphatic rings. The predicted molar refractivity (Wildman–Crippen MR) is 94.2 cm³/mol. The molecular weight excluding hydrogens is 357 g/mol. The molecule has 0 aliphatic carbocycles. The molecule has 2 heterocycles. The smallest absolute Gasteiger partial charge is 0.234 e. The van der Waals surface area contributed by atoms with Gasteiger partial charge in [-0.1, -0.05) is 36.2 Å². The normalized spacial score (nSPS) is 12.7. The molecule has 124 valence electrons. The standard InChI is InChI=1S/C14H17Cl2N5OS/c1-4-9(10-6-5-7-23-10)18-13-20-11(14(3,15)16)19-12(21-13)17-8(2)22/h5-7,9H,4H2,1-3H3,(H2,17,18,19,20,21,22). The van der Waals surface area contributed by atoms with Crippen LogP contribution in [0.1, 0.15) is 43.9 Å². The quantitative estimate of drug-likeness (QED) is 0.744. The summed E-state index contributed by atoms with van der Waals surface area (Å²) >= 11 is 13.8. The first-order valence-electron chi connectivity index (χ1n) is 7.01. The van der Waals surface area contributed by atoms with E-state index in [9.17, 15) is 4.79 Å². The minimum absolute atomic E-state index is 0.0485. The summed E-state index contributed by atoms with van der Waals surface area (Å²) in [4.78, 5) is 25.0. The Bertz CT molecular complexity index is 672. The zero-order valence-corrected chi connectivity index (χ0v) is 15.3. The monoisotopic (exact) mass is 373 g/mol. The van der Waals surface area contributed by atoms with E-state index in [2.05, 4.69) is 32.5 Å². The van der Waals surface area contributed by atoms with Crippen LogP contribution in [0.2, 0.25) is 0 Å². The first-order valence-corrected chi connectivity index (χ1v) is 8.65. The van der Waals surface area contributed by atoms with E-state index < -0.39 is 4.33 Å². The van der Waals surface area contributed by atoms with Crippen LogP contribution in [0.3, 0.4) is 0 Å². The van der Waals surface area contributed by atoms with Gasteiger partial charge in [-0.3, -0.25) is 10.1 Å². The van der Waals surface area contributed by atoms with Crippen molar-refractivity contribution in [2.24, 2.45) is 0 Å². The summed E-state index contributed by atoms with van der Waals surface area (Å²) in [7, 11) is 0. The van der Waals surface area contributed by atoms with Crippen molar-refractivity contribution in [3.8, 4) is 0 Å². The van der Waals surface area contributed by atoms with Crippen molar-refractivity contribution in [1.29, 1.82) is 0 Å². The molecular formula is C14H17Cl2N5OS. The molecule has 0 fully saturated rings. The molecule has 23 heavy (non-hydrogen) atoms. The Morgan fingerprint density at radius 3 is 2.57 bits per heavy atom. The highest BCUT2D eigenvalue weighted by molar-refractivity contribution is 7.10. The number of anilines is 2. The summed E-state index contributed by atoms with van der Waals surface area (Å²) in [6.45, 7) is 4.99. The molecule has 2 rings (SSSR count). The van der Waals surface area contributed by atoms with Crippen molar-refractivity contribution in [1.82, 2.24) is 15.0 Å². The second kappa shape index (κ2) is 7.42. The van der Waals surface area contributed by atoms with Crippen LogP contribution in [0.15, 0.2) is 17.5 Å². The summed E-state index contributed by atoms with van der Waals surface area (Å²) in [6.07, 6.45) is 0.843. The number of nitrogens with one attached hydrogen (secondary N) is 2. The van der Waals surface area contributed by atoms with E-state index in [-0.39, 0.29) is 23.7 Å². The van der Waals surface area contributed by atoms with Gasteiger partial charge in [-0.2, -0.15) is 15.0 Å². The maximum atomic E-state index is 11.3. The number of hydrogen-bond acceptors (Lipinski definition) is 6. The van der Waals surface area contributed by atoms with Crippen LogP contribution in [-0.4, -0.2) is 20.9 Å². The largest absolute Gasteiger partial charge is 0.346 e. The lowest BCUT2D eigenvalue weighted by Crippen LogP contribution is -2.19. The SMILES string of the molecule is CCC(Nc1nc(NC(C)=O)nc(C(C)(Cl)Cl)n1)c1cccs1. The molecule has 0 saturated carbocycles. The molecule has 2 aromatic rings. The number of carbonyl (C=O) groups is 1. The second-order valence-electron chi connectivity index (χ2n) is 5.00. The predicted octanol–water partition coefficient (Wildman–Crippen LogP) is 4.11. The number of amides is 1. The van der Waals surface area contributed by atoms with Crippen LogP contribution in [0.5, 0.6) is 0 Å². The van der Waals surface area contributed by atoms with Crippen molar-refractivity contribution in [3.05, 3.63) is 28.2 Å². The molecule has 0 spiro atoms. The summed E-state index contributed by atoms with van der Waals surface area (Å²) in [5.74, 6) is 0.303. The fraction of sp³-hybridized carbons (Fsp3) is 0.429. The van der Waals surface area contributed by atoms with E-state index in [0.29, 0.717) is 5.95 Å². The highest BCUT2D eigenvalue weighted by Gasteiger charge is 2.26. The molecule has 2 N–H and O–H groups in total. The van der Waals surface area contributed by atoms with E-state index in [1.54, 1.807) is 18.3 Å². The van der Waals surface area contributed by atoms with Crippen LogP contribution in [0.4, 0.5) is 11.9 Å². The second-order valence-corrected chi connectivity index (χ2v) is 7.68. The first kappa shape index (κ1) is 17.9. The molecule has 1 atom stereocenters. The number of thiophene rings is 1. The Morgan fingerprint density at radius 1 is 1.35 bits per heavy atom. The van der Waals surface area contributed by atoms with Gasteiger partial charge in [-0.15, -0.1) is 11.3 Å². The summed E-state index contributed by atoms with van der Waals surface area (Å²) in [5.41, 5.74) is 0. The molecule has 0 bridgehead atoms. The third-order valence-corrected chi connectivity index (χ3v) is 4.24. The summed E-state index contributed by atoms with van der Waals surface area (Å²) in [6, 6.07) is 4.07. The lowest BCUT2D eigenvalue weighted by atomic mass is 10.2. The summed E-state index contributed by atoms with van der Waals surface area (Å²) in [5, 5.41) is 7.77. The third-order valence-electron chi connectivity index (χ3n) is 2.91. The Hall–Kier alpha value is -1.44. The number of halogens is 2. The molecule has 1 unspecified atom stereocenters. The Labute approximate surface area is 148 Å². The van der Waals surface area contributed by atoms with Gasteiger partial charge in [0.2, 0.25) is 17.8 Å². The maximum absolute atomic E-state index is 11.3. The Kier molecular flexibility index (Phi) is 5.78. The van der Waals surface area contributed by atoms with Gasteiger partial charge in [0.1, 0.15) is 0 Å². The van der Waals surface area contributed by atoms with Gasteiger partial charge in [-0.05, 0) is 24.8 Å². The van der Waals surface area contributed by atoms with Crippen molar-refractivity contribution >= 4 is 52.3 Å². The fourth-order valence-corrected chi connectivity index (χ4v) is 2.90. The Balaban J connectivity index is 2.34. The lowest BCUT2D eigenvalue weighted by Gasteiger charge is -2.18. The summed E-state index contributed by atoms with van der Waals surface area (Å²) < 4.78 is -1.29. The van der Waals surface area contributed by atoms with Gasteiger partial charge in [0.05, 0.1) is 6.04 Å². The molecule has 2 aromatic heterocycles. The van der Waals surface area contributed by atoms with E-state index in [4.69, 9.17) is 23.2 Å². The highest BCUT2D eigenvalue weighted by Crippen LogP contribution is 2.32. The number of nitrogens with zero attached hydrogens (tertiary/aromatic N) is 3. The third kappa shape index (κ3) is 5.02. The van der Waals surface area contributed by atoms with Gasteiger partial charge >= 0.3 is 0 Å². The highest BCUT2D eigenvalue weighted by atomic mass is 35.5. The van der Waals surface area contributed by atoms with Crippen LogP contribution in [-0.2, 0) is 9.13 Å². The van der Waals surface area contributed by atoms with Crippen molar-refractivity contribution in [3.63, 3.8) is 0 Å². The van der Waals surface area contributed by atoms with E-state index in [1.807, 2.05) is 17.5 Å². The zero-order valence-electron chi connectivity index (χ0n) is 12.9. The molecule has 6 nitrogen and oxygen atoms in total. The van der Waals surface area contributed by atoms with Gasteiger partial charge < -0.3 is 5.32 Å². The number of carbonyl (C=O) groups excluding carboxylic acids is 1. The van der Waals surface area contributed by atoms with Crippen LogP contribution < -0.4 is 10.6 Å². The lowest BCUT2D eigenvalue weighted by molar-refractivity contribution is -0.114. The topological polar surface area (TPSA) is 79.8 Å². The number of hydrogen-bond donors (Lipinski definition) is 2. The number of rotatable bonds is 6. The molecule has 0 aliphatic heterocycles. The van der Waals surface area contributed by atoms with E-state index in [0.717, 1.165) is 11.3 Å². The molecule has 0 aromatic carbocycles. The van der Waals surface area contributed by atoms with Crippen LogP contribution in [0, 0.1) is 0 Å². The minimum atomic E-state index is -1.29. The fourth-order valence-electron chi connectivity index (χ4n) is 1.87. The van der Waals surface area contributed by atoms with Gasteiger partial charge in [0.15, 0.2) is 10.2 Å². The van der Waals surface area contributed by atoms with E-state index >= 15 is 0 Å². The first-order chi connectivity index (χ1) is 10.8. The number of alkyl halides is 2. The molecule has 1 amide bonds. The van der Waals surface area contributed by atoms with Crippen molar-refractivity contribution < 1.29 is 4.79 Å². The van der Waals surface area contributed by atoms with Crippen LogP contribution in [0.25, 0.3) is 0 Å². The van der Waals surface area contributed by atoms with E-state index in [1.165, 1.54) is 6.92 Å². The molecule has 0 radical (unpaired) electrons. The maximum Gasteiger partial charge on any atom is 0.234 e. The number of aromatic nitrogens is 3. The van der Waals surface area contributed by atoms with Crippen LogP contribution >= 0.6 is 34.5 Å². The average Bonchev–Trinajstić information content (AvgIpc) is 2.96. The van der Waals surface area contributed by atoms with Gasteiger partial charge in [-0.25, -0.2) is 0 Å². The van der Waals surface area contributed by atoms with Crippen molar-refractivity contribution in [2.75, 3.05) is 10.6 Å². The molecule has 9 heteroatoms.